The number of nitrogens with one attached hydrogen (secondary N) is 1. The second-order valence-electron chi connectivity index (χ2n) is 7.13. The summed E-state index contributed by atoms with van der Waals surface area (Å²) in [6, 6.07) is 14.3. The molecule has 8 heteroatoms. The van der Waals surface area contributed by atoms with Crippen molar-refractivity contribution in [3.8, 4) is 0 Å². The third-order valence-electron chi connectivity index (χ3n) is 5.28. The van der Waals surface area contributed by atoms with Crippen LogP contribution in [0.3, 0.4) is 0 Å². The zero-order valence-corrected chi connectivity index (χ0v) is 18.3. The molecular formula is C23H20ClFN2O3S. The lowest BCUT2D eigenvalue weighted by atomic mass is 9.81. The second-order valence-corrected chi connectivity index (χ2v) is 8.52. The maximum absolute atomic E-state index is 13.6. The quantitative estimate of drug-likeness (QED) is 0.558. The molecule has 0 unspecified atom stereocenters. The van der Waals surface area contributed by atoms with Crippen LogP contribution >= 0.6 is 22.9 Å². The molecule has 5 nitrogen and oxygen atoms in total. The van der Waals surface area contributed by atoms with Gasteiger partial charge in [-0.2, -0.15) is 0 Å². The van der Waals surface area contributed by atoms with Gasteiger partial charge in [-0.15, -0.1) is 11.3 Å². The lowest BCUT2D eigenvalue weighted by molar-refractivity contribution is -0.119. The predicted molar refractivity (Wildman–Crippen MR) is 119 cm³/mol. The lowest BCUT2D eigenvalue weighted by Gasteiger charge is -2.41. The van der Waals surface area contributed by atoms with E-state index in [-0.39, 0.29) is 16.8 Å². The molecule has 2 heterocycles. The summed E-state index contributed by atoms with van der Waals surface area (Å²) in [5, 5.41) is 4.86. The highest BCUT2D eigenvalue weighted by Gasteiger charge is 2.44. The van der Waals surface area contributed by atoms with E-state index in [1.165, 1.54) is 23.5 Å². The molecule has 1 aromatic heterocycles. The number of hydrogen-bond donors (Lipinski definition) is 1. The molecule has 0 saturated heterocycles. The van der Waals surface area contributed by atoms with Gasteiger partial charge in [-0.25, -0.2) is 4.39 Å². The van der Waals surface area contributed by atoms with E-state index < -0.39 is 17.8 Å². The van der Waals surface area contributed by atoms with Crippen molar-refractivity contribution in [3.05, 3.63) is 86.8 Å². The fraction of sp³-hybridized carbons (Fsp3) is 0.217. The van der Waals surface area contributed by atoms with Crippen LogP contribution in [-0.2, 0) is 9.53 Å². The van der Waals surface area contributed by atoms with Crippen LogP contribution in [0.15, 0.2) is 60.0 Å². The third kappa shape index (κ3) is 4.21. The number of fused-ring (bicyclic) bond motifs is 1. The Bertz CT molecular complexity index is 1110. The van der Waals surface area contributed by atoms with Gasteiger partial charge in [0.2, 0.25) is 5.91 Å². The van der Waals surface area contributed by atoms with E-state index in [1.54, 1.807) is 30.2 Å². The average molecular weight is 459 g/mol. The van der Waals surface area contributed by atoms with Gasteiger partial charge in [-0.3, -0.25) is 9.59 Å². The Balaban J connectivity index is 1.80. The van der Waals surface area contributed by atoms with Crippen molar-refractivity contribution in [2.24, 2.45) is 0 Å². The van der Waals surface area contributed by atoms with E-state index in [1.807, 2.05) is 23.6 Å². The Morgan fingerprint density at radius 2 is 2.03 bits per heavy atom. The molecule has 4 rings (SSSR count). The summed E-state index contributed by atoms with van der Waals surface area (Å²) >= 11 is 7.62. The molecule has 2 aromatic carbocycles. The maximum atomic E-state index is 13.6. The molecule has 31 heavy (non-hydrogen) atoms. The van der Waals surface area contributed by atoms with E-state index in [9.17, 15) is 14.0 Å². The van der Waals surface area contributed by atoms with Gasteiger partial charge in [0.25, 0.3) is 5.91 Å². The molecule has 1 aliphatic rings. The molecule has 1 N–H and O–H groups in total. The molecule has 0 spiro atoms. The highest BCUT2D eigenvalue weighted by molar-refractivity contribution is 7.10. The van der Waals surface area contributed by atoms with Gasteiger partial charge in [-0.1, -0.05) is 35.9 Å². The molecular weight excluding hydrogens is 439 g/mol. The van der Waals surface area contributed by atoms with Crippen molar-refractivity contribution in [3.63, 3.8) is 0 Å². The predicted octanol–water partition coefficient (Wildman–Crippen LogP) is 5.11. The highest BCUT2D eigenvalue weighted by atomic mass is 35.5. The van der Waals surface area contributed by atoms with Gasteiger partial charge in [0.15, 0.2) is 0 Å². The zero-order chi connectivity index (χ0) is 22.0. The molecule has 0 saturated carbocycles. The number of thiophene rings is 1. The Kier molecular flexibility index (Phi) is 6.36. The number of benzene rings is 2. The third-order valence-corrected chi connectivity index (χ3v) is 6.54. The summed E-state index contributed by atoms with van der Waals surface area (Å²) in [5.74, 6) is -1.63. The van der Waals surface area contributed by atoms with Crippen molar-refractivity contribution >= 4 is 40.4 Å². The molecule has 1 aliphatic heterocycles. The summed E-state index contributed by atoms with van der Waals surface area (Å²) in [6.45, 7) is 0.682. The molecule has 2 atom stereocenters. The molecule has 0 radical (unpaired) electrons. The lowest BCUT2D eigenvalue weighted by Crippen LogP contribution is -2.47. The van der Waals surface area contributed by atoms with Gasteiger partial charge in [0.1, 0.15) is 5.82 Å². The van der Waals surface area contributed by atoms with Crippen LogP contribution in [0.2, 0.25) is 5.02 Å². The first-order valence-corrected chi connectivity index (χ1v) is 10.9. The molecule has 0 fully saturated rings. The largest absolute Gasteiger partial charge is 0.383 e. The topological polar surface area (TPSA) is 58.6 Å². The zero-order valence-electron chi connectivity index (χ0n) is 16.7. The number of amides is 2. The van der Waals surface area contributed by atoms with Crippen LogP contribution in [0, 0.1) is 5.82 Å². The fourth-order valence-corrected chi connectivity index (χ4v) is 4.98. The first-order chi connectivity index (χ1) is 15.0. The number of ether oxygens (including phenoxy) is 1. The number of nitrogens with zero attached hydrogens (tertiary/aromatic N) is 1. The van der Waals surface area contributed by atoms with Crippen molar-refractivity contribution in [1.29, 1.82) is 0 Å². The highest BCUT2D eigenvalue weighted by Crippen LogP contribution is 2.44. The van der Waals surface area contributed by atoms with Crippen molar-refractivity contribution in [2.45, 2.75) is 12.0 Å². The van der Waals surface area contributed by atoms with E-state index in [4.69, 9.17) is 16.3 Å². The summed E-state index contributed by atoms with van der Waals surface area (Å²) in [7, 11) is 1.57. The summed E-state index contributed by atoms with van der Waals surface area (Å²) in [5.41, 5.74) is 1.45. The minimum atomic E-state index is -0.675. The number of carbonyl (C=O) groups is 2. The first-order valence-electron chi connectivity index (χ1n) is 9.69. The standard InChI is InChI=1S/C23H20ClFN2O3S/c1-30-11-10-27-21(19-7-4-12-31-19)20(15-5-2-3-6-16(15)23(27)29)22(28)26-18-9-8-14(25)13-17(18)24/h2-9,12-13,20-21H,10-11H2,1H3,(H,26,28)/t20-,21+/m0/s1. The normalized spacial score (nSPS) is 18.0. The van der Waals surface area contributed by atoms with Gasteiger partial charge < -0.3 is 15.0 Å². The van der Waals surface area contributed by atoms with Gasteiger partial charge in [0.05, 0.1) is 29.3 Å². The Hall–Kier alpha value is -2.74. The molecule has 0 aliphatic carbocycles. The van der Waals surface area contributed by atoms with Gasteiger partial charge >= 0.3 is 0 Å². The Labute approximate surface area is 188 Å². The minimum absolute atomic E-state index is 0.109. The number of methoxy groups -OCH3 is 1. The molecule has 160 valence electrons. The SMILES string of the molecule is COCCN1C(=O)c2ccccc2[C@H](C(=O)Nc2ccc(F)cc2Cl)[C@H]1c1cccs1. The molecule has 0 bridgehead atoms. The first kappa shape index (κ1) is 21.5. The van der Waals surface area contributed by atoms with E-state index in [0.29, 0.717) is 30.0 Å². The number of halogens is 2. The number of carbonyl (C=O) groups excluding carboxylic acids is 2. The molecule has 2 amide bonds. The van der Waals surface area contributed by atoms with Crippen LogP contribution in [0.4, 0.5) is 10.1 Å². The van der Waals surface area contributed by atoms with Gasteiger partial charge in [0, 0.05) is 24.1 Å². The number of rotatable bonds is 6. The smallest absolute Gasteiger partial charge is 0.254 e. The van der Waals surface area contributed by atoms with E-state index in [2.05, 4.69) is 5.32 Å². The maximum Gasteiger partial charge on any atom is 0.254 e. The minimum Gasteiger partial charge on any atom is -0.383 e. The van der Waals surface area contributed by atoms with Crippen LogP contribution in [-0.4, -0.2) is 37.0 Å². The van der Waals surface area contributed by atoms with E-state index in [0.717, 1.165) is 10.9 Å². The number of anilines is 1. The second kappa shape index (κ2) is 9.18. The van der Waals surface area contributed by atoms with Crippen LogP contribution in [0.5, 0.6) is 0 Å². The average Bonchev–Trinajstić information content (AvgIpc) is 3.29. The Morgan fingerprint density at radius 3 is 2.74 bits per heavy atom. The van der Waals surface area contributed by atoms with Crippen LogP contribution in [0.25, 0.3) is 0 Å². The fourth-order valence-electron chi connectivity index (χ4n) is 3.89. The van der Waals surface area contributed by atoms with Gasteiger partial charge in [-0.05, 0) is 41.3 Å². The summed E-state index contributed by atoms with van der Waals surface area (Å²) < 4.78 is 18.7. The summed E-state index contributed by atoms with van der Waals surface area (Å²) in [4.78, 5) is 29.5. The Morgan fingerprint density at radius 1 is 1.23 bits per heavy atom. The number of hydrogen-bond acceptors (Lipinski definition) is 4. The van der Waals surface area contributed by atoms with E-state index >= 15 is 0 Å². The monoisotopic (exact) mass is 458 g/mol. The van der Waals surface area contributed by atoms with Crippen LogP contribution in [0.1, 0.15) is 32.8 Å². The summed E-state index contributed by atoms with van der Waals surface area (Å²) in [6.07, 6.45) is 0. The van der Waals surface area contributed by atoms with Crippen molar-refractivity contribution in [1.82, 2.24) is 4.90 Å². The molecule has 3 aromatic rings. The van der Waals surface area contributed by atoms with Crippen molar-refractivity contribution in [2.75, 3.05) is 25.6 Å². The van der Waals surface area contributed by atoms with Crippen molar-refractivity contribution < 1.29 is 18.7 Å². The van der Waals surface area contributed by atoms with Crippen LogP contribution < -0.4 is 5.32 Å².